The first kappa shape index (κ1) is 10.2. The molecular formula is C10H14NOS+. The van der Waals surface area contributed by atoms with Crippen molar-refractivity contribution in [3.63, 3.8) is 0 Å². The van der Waals surface area contributed by atoms with E-state index in [1.165, 1.54) is 10.6 Å². The van der Waals surface area contributed by atoms with Crippen LogP contribution in [-0.2, 0) is 18.2 Å². The van der Waals surface area contributed by atoms with Crippen LogP contribution >= 0.6 is 11.3 Å². The first-order chi connectivity index (χ1) is 6.25. The highest BCUT2D eigenvalue weighted by atomic mass is 32.1. The Hall–Kier alpha value is -0.850. The Kier molecular flexibility index (Phi) is 3.94. The molecule has 3 heteroatoms. The average Bonchev–Trinajstić information content (AvgIpc) is 2.43. The van der Waals surface area contributed by atoms with Crippen molar-refractivity contribution in [3.8, 4) is 12.3 Å². The highest BCUT2D eigenvalue weighted by Crippen LogP contribution is 2.10. The van der Waals surface area contributed by atoms with E-state index >= 15 is 0 Å². The third-order valence-electron chi connectivity index (χ3n) is 1.94. The second kappa shape index (κ2) is 5.00. The maximum absolute atomic E-state index is 5.21. The first-order valence-corrected chi connectivity index (χ1v) is 5.07. The van der Waals surface area contributed by atoms with Crippen molar-refractivity contribution in [1.29, 1.82) is 0 Å². The molecule has 0 radical (unpaired) electrons. The third-order valence-corrected chi connectivity index (χ3v) is 3.15. The van der Waals surface area contributed by atoms with E-state index < -0.39 is 0 Å². The normalized spacial score (nSPS) is 9.92. The van der Waals surface area contributed by atoms with Gasteiger partial charge in [-0.05, 0) is 0 Å². The molecule has 0 bridgehead atoms. The molecule has 0 fully saturated rings. The average molecular weight is 196 g/mol. The number of terminal acetylenes is 1. The summed E-state index contributed by atoms with van der Waals surface area (Å²) in [5, 5.41) is 0. The van der Waals surface area contributed by atoms with Crippen LogP contribution < -0.4 is 4.57 Å². The van der Waals surface area contributed by atoms with E-state index in [9.17, 15) is 0 Å². The predicted octanol–water partition coefficient (Wildman–Crippen LogP) is 1.07. The van der Waals surface area contributed by atoms with Gasteiger partial charge in [-0.15, -0.1) is 6.42 Å². The minimum atomic E-state index is 0.413. The molecule has 1 aromatic rings. The van der Waals surface area contributed by atoms with E-state index in [2.05, 4.69) is 30.0 Å². The van der Waals surface area contributed by atoms with Crippen molar-refractivity contribution >= 4 is 11.3 Å². The molecule has 1 heterocycles. The van der Waals surface area contributed by atoms with Crippen LogP contribution in [0.3, 0.4) is 0 Å². The fourth-order valence-corrected chi connectivity index (χ4v) is 2.00. The van der Waals surface area contributed by atoms with E-state index in [1.54, 1.807) is 11.3 Å². The standard InChI is InChI=1S/C10H14NOS/c1-4-6-12-7-5-10-9(2)11(3)8-13-10/h1,8H,5-7H2,2-3H3/q+1. The summed E-state index contributed by atoms with van der Waals surface area (Å²) >= 11 is 1.77. The Labute approximate surface area is 83.2 Å². The maximum Gasteiger partial charge on any atom is 0.224 e. The van der Waals surface area contributed by atoms with Crippen LogP contribution in [0.4, 0.5) is 0 Å². The Morgan fingerprint density at radius 3 is 3.00 bits per heavy atom. The van der Waals surface area contributed by atoms with E-state index in [0.717, 1.165) is 6.42 Å². The van der Waals surface area contributed by atoms with Gasteiger partial charge < -0.3 is 4.74 Å². The SMILES string of the molecule is C#CCOCCc1sc[n+](C)c1C. The zero-order valence-corrected chi connectivity index (χ0v) is 8.86. The van der Waals surface area contributed by atoms with Gasteiger partial charge in [0.05, 0.1) is 11.5 Å². The van der Waals surface area contributed by atoms with Crippen LogP contribution in [0.25, 0.3) is 0 Å². The van der Waals surface area contributed by atoms with E-state index in [-0.39, 0.29) is 0 Å². The zero-order valence-electron chi connectivity index (χ0n) is 8.04. The molecule has 0 spiro atoms. The predicted molar refractivity (Wildman–Crippen MR) is 53.6 cm³/mol. The van der Waals surface area contributed by atoms with Gasteiger partial charge in [-0.2, -0.15) is 4.57 Å². The number of rotatable bonds is 4. The number of ether oxygens (including phenoxy) is 1. The van der Waals surface area contributed by atoms with Crippen molar-refractivity contribution in [2.45, 2.75) is 13.3 Å². The third kappa shape index (κ3) is 2.83. The smallest absolute Gasteiger partial charge is 0.224 e. The molecule has 13 heavy (non-hydrogen) atoms. The molecule has 0 aliphatic carbocycles. The largest absolute Gasteiger partial charge is 0.368 e. The Bertz CT molecular complexity index is 311. The van der Waals surface area contributed by atoms with Crippen molar-refractivity contribution in [3.05, 3.63) is 16.1 Å². The Morgan fingerprint density at radius 1 is 1.69 bits per heavy atom. The number of hydrogen-bond acceptors (Lipinski definition) is 2. The first-order valence-electron chi connectivity index (χ1n) is 4.19. The highest BCUT2D eigenvalue weighted by molar-refractivity contribution is 7.09. The van der Waals surface area contributed by atoms with Crippen molar-refractivity contribution < 1.29 is 9.30 Å². The van der Waals surface area contributed by atoms with E-state index in [4.69, 9.17) is 11.2 Å². The van der Waals surface area contributed by atoms with Gasteiger partial charge in [0.25, 0.3) is 0 Å². The summed E-state index contributed by atoms with van der Waals surface area (Å²) < 4.78 is 7.34. The summed E-state index contributed by atoms with van der Waals surface area (Å²) in [6, 6.07) is 0. The molecule has 0 amide bonds. The van der Waals surface area contributed by atoms with Gasteiger partial charge in [0.1, 0.15) is 13.7 Å². The van der Waals surface area contributed by atoms with Crippen LogP contribution in [0.2, 0.25) is 0 Å². The van der Waals surface area contributed by atoms with Crippen LogP contribution in [0.1, 0.15) is 10.6 Å². The van der Waals surface area contributed by atoms with Crippen LogP contribution in [0, 0.1) is 19.3 Å². The summed E-state index contributed by atoms with van der Waals surface area (Å²) in [4.78, 5) is 1.37. The lowest BCUT2D eigenvalue weighted by Crippen LogP contribution is -2.28. The molecule has 0 saturated heterocycles. The van der Waals surface area contributed by atoms with Crippen molar-refractivity contribution in [2.24, 2.45) is 7.05 Å². The van der Waals surface area contributed by atoms with Crippen LogP contribution in [0.5, 0.6) is 0 Å². The van der Waals surface area contributed by atoms with Crippen LogP contribution in [-0.4, -0.2) is 13.2 Å². The fourth-order valence-electron chi connectivity index (χ4n) is 1.04. The monoisotopic (exact) mass is 196 g/mol. The summed E-state index contributed by atoms with van der Waals surface area (Å²) in [6.07, 6.45) is 6.02. The zero-order chi connectivity index (χ0) is 9.68. The maximum atomic E-state index is 5.21. The number of nitrogens with zero attached hydrogens (tertiary/aromatic N) is 1. The molecular weight excluding hydrogens is 182 g/mol. The quantitative estimate of drug-likeness (QED) is 0.399. The molecule has 70 valence electrons. The second-order valence-corrected chi connectivity index (χ2v) is 3.79. The summed E-state index contributed by atoms with van der Waals surface area (Å²) in [5.41, 5.74) is 3.42. The van der Waals surface area contributed by atoms with Gasteiger partial charge in [0.2, 0.25) is 5.51 Å². The lowest BCUT2D eigenvalue weighted by atomic mass is 10.3. The van der Waals surface area contributed by atoms with Gasteiger partial charge in [-0.3, -0.25) is 0 Å². The summed E-state index contributed by atoms with van der Waals surface area (Å²) in [7, 11) is 2.05. The Balaban J connectivity index is 2.38. The van der Waals surface area contributed by atoms with E-state index in [1.807, 2.05) is 0 Å². The minimum Gasteiger partial charge on any atom is -0.368 e. The molecule has 0 unspecified atom stereocenters. The molecule has 1 rings (SSSR count). The van der Waals surface area contributed by atoms with E-state index in [0.29, 0.717) is 13.2 Å². The fraction of sp³-hybridized carbons (Fsp3) is 0.500. The topological polar surface area (TPSA) is 13.1 Å². The van der Waals surface area contributed by atoms with Crippen molar-refractivity contribution in [2.75, 3.05) is 13.2 Å². The molecule has 0 atom stereocenters. The van der Waals surface area contributed by atoms with Crippen molar-refractivity contribution in [1.82, 2.24) is 0 Å². The lowest BCUT2D eigenvalue weighted by Gasteiger charge is -1.96. The molecule has 0 aromatic carbocycles. The molecule has 0 aliphatic rings. The lowest BCUT2D eigenvalue weighted by molar-refractivity contribution is -0.672. The number of thiazole rings is 1. The molecule has 0 aliphatic heterocycles. The Morgan fingerprint density at radius 2 is 2.46 bits per heavy atom. The molecule has 0 saturated carbocycles. The molecule has 2 nitrogen and oxygen atoms in total. The number of aryl methyl sites for hydroxylation is 1. The second-order valence-electron chi connectivity index (χ2n) is 2.85. The number of aromatic nitrogens is 1. The minimum absolute atomic E-state index is 0.413. The highest BCUT2D eigenvalue weighted by Gasteiger charge is 2.10. The number of hydrogen-bond donors (Lipinski definition) is 0. The molecule has 1 aromatic heterocycles. The summed E-state index contributed by atoms with van der Waals surface area (Å²) in [6.45, 7) is 3.25. The van der Waals surface area contributed by atoms with Gasteiger partial charge in [-0.25, -0.2) is 0 Å². The van der Waals surface area contributed by atoms with Gasteiger partial charge in [0.15, 0.2) is 5.69 Å². The van der Waals surface area contributed by atoms with Gasteiger partial charge in [-0.1, -0.05) is 17.3 Å². The van der Waals surface area contributed by atoms with Gasteiger partial charge in [0, 0.05) is 13.3 Å². The summed E-state index contributed by atoms with van der Waals surface area (Å²) in [5.74, 6) is 2.45. The van der Waals surface area contributed by atoms with Gasteiger partial charge >= 0.3 is 0 Å². The van der Waals surface area contributed by atoms with Crippen LogP contribution in [0.15, 0.2) is 5.51 Å². The molecule has 0 N–H and O–H groups in total.